The maximum atomic E-state index is 6.55. The fourth-order valence-corrected chi connectivity index (χ4v) is 5.05. The molecule has 29 heavy (non-hydrogen) atoms. The Kier molecular flexibility index (Phi) is 9.57. The van der Waals surface area contributed by atoms with Gasteiger partial charge in [-0.25, -0.2) is 0 Å². The Morgan fingerprint density at radius 2 is 1.45 bits per heavy atom. The van der Waals surface area contributed by atoms with Crippen molar-refractivity contribution in [3.8, 4) is 5.75 Å². The molecule has 1 aliphatic rings. The minimum Gasteiger partial charge on any atom is -0.487 e. The second kappa shape index (κ2) is 11.4. The second-order valence-corrected chi connectivity index (χ2v) is 11.0. The third kappa shape index (κ3) is 8.35. The van der Waals surface area contributed by atoms with E-state index in [1.54, 1.807) is 0 Å². The van der Waals surface area contributed by atoms with Crippen LogP contribution in [0.4, 0.5) is 0 Å². The zero-order valence-corrected chi connectivity index (χ0v) is 20.6. The Morgan fingerprint density at radius 1 is 0.862 bits per heavy atom. The van der Waals surface area contributed by atoms with Crippen LogP contribution in [0.1, 0.15) is 116 Å². The van der Waals surface area contributed by atoms with Crippen LogP contribution in [-0.4, -0.2) is 5.60 Å². The monoisotopic (exact) mass is 400 g/mol. The topological polar surface area (TPSA) is 9.23 Å². The van der Waals surface area contributed by atoms with Crippen LogP contribution < -0.4 is 4.74 Å². The van der Waals surface area contributed by atoms with Crippen molar-refractivity contribution < 1.29 is 4.74 Å². The number of hydrogen-bond donors (Lipinski definition) is 0. The molecule has 0 fully saturated rings. The molecule has 1 heterocycles. The number of hydrogen-bond acceptors (Lipinski definition) is 1. The summed E-state index contributed by atoms with van der Waals surface area (Å²) >= 11 is 0. The molecule has 1 aliphatic heterocycles. The van der Waals surface area contributed by atoms with E-state index >= 15 is 0 Å². The smallest absolute Gasteiger partial charge is 0.126 e. The van der Waals surface area contributed by atoms with E-state index in [2.05, 4.69) is 60.6 Å². The lowest BCUT2D eigenvalue weighted by Crippen LogP contribution is -2.36. The Bertz CT molecular complexity index is 617. The molecule has 2 rings (SSSR count). The fraction of sp³-hybridized carbons (Fsp3) is 0.786. The summed E-state index contributed by atoms with van der Waals surface area (Å²) in [6.45, 7) is 16.3. The van der Waals surface area contributed by atoms with Crippen LogP contribution in [0.2, 0.25) is 0 Å². The number of benzene rings is 1. The van der Waals surface area contributed by atoms with Crippen molar-refractivity contribution in [3.05, 3.63) is 28.8 Å². The second-order valence-electron chi connectivity index (χ2n) is 11.0. The van der Waals surface area contributed by atoms with Gasteiger partial charge < -0.3 is 4.74 Å². The van der Waals surface area contributed by atoms with Gasteiger partial charge in [0.1, 0.15) is 11.4 Å². The largest absolute Gasteiger partial charge is 0.487 e. The van der Waals surface area contributed by atoms with E-state index in [0.717, 1.165) is 24.2 Å². The maximum absolute atomic E-state index is 6.55. The van der Waals surface area contributed by atoms with E-state index in [4.69, 9.17) is 4.74 Å². The molecule has 0 N–H and O–H groups in total. The number of fused-ring (bicyclic) bond motifs is 1. The van der Waals surface area contributed by atoms with Gasteiger partial charge in [0.15, 0.2) is 0 Å². The van der Waals surface area contributed by atoms with Gasteiger partial charge in [-0.2, -0.15) is 0 Å². The normalized spacial score (nSPS) is 21.0. The van der Waals surface area contributed by atoms with Crippen molar-refractivity contribution in [2.75, 3.05) is 0 Å². The molecule has 1 heteroatoms. The van der Waals surface area contributed by atoms with Crippen LogP contribution in [0.15, 0.2) is 12.1 Å². The van der Waals surface area contributed by atoms with E-state index in [1.165, 1.54) is 86.6 Å². The molecule has 1 unspecified atom stereocenters. The Hall–Kier alpha value is -0.980. The quantitative estimate of drug-likeness (QED) is 0.340. The van der Waals surface area contributed by atoms with Crippen LogP contribution in [-0.2, 0) is 6.42 Å². The zero-order valence-electron chi connectivity index (χ0n) is 20.6. The number of ether oxygens (including phenoxy) is 1. The molecule has 1 aromatic carbocycles. The molecule has 0 amide bonds. The fourth-order valence-electron chi connectivity index (χ4n) is 5.05. The molecule has 0 saturated carbocycles. The highest BCUT2D eigenvalue weighted by atomic mass is 16.5. The highest BCUT2D eigenvalue weighted by Gasteiger charge is 2.32. The highest BCUT2D eigenvalue weighted by Crippen LogP contribution is 2.39. The molecule has 0 aliphatic carbocycles. The van der Waals surface area contributed by atoms with Gasteiger partial charge in [0.2, 0.25) is 0 Å². The van der Waals surface area contributed by atoms with E-state index in [0.29, 0.717) is 0 Å². The summed E-state index contributed by atoms with van der Waals surface area (Å²) in [7, 11) is 0. The van der Waals surface area contributed by atoms with Gasteiger partial charge in [-0.3, -0.25) is 0 Å². The molecule has 1 nitrogen and oxygen atoms in total. The van der Waals surface area contributed by atoms with Crippen molar-refractivity contribution in [2.24, 2.45) is 17.8 Å². The van der Waals surface area contributed by atoms with Crippen molar-refractivity contribution in [2.45, 2.75) is 125 Å². The van der Waals surface area contributed by atoms with Gasteiger partial charge in [0.25, 0.3) is 0 Å². The van der Waals surface area contributed by atoms with Crippen molar-refractivity contribution in [3.63, 3.8) is 0 Å². The minimum atomic E-state index is 0.0255. The average Bonchev–Trinajstić information content (AvgIpc) is 2.62. The summed E-state index contributed by atoms with van der Waals surface area (Å²) in [6.07, 6.45) is 14.6. The lowest BCUT2D eigenvalue weighted by Gasteiger charge is -2.37. The van der Waals surface area contributed by atoms with E-state index in [1.807, 2.05) is 0 Å². The molecular weight excluding hydrogens is 352 g/mol. The Labute approximate surface area is 182 Å². The highest BCUT2D eigenvalue weighted by molar-refractivity contribution is 5.45. The molecule has 0 spiro atoms. The van der Waals surface area contributed by atoms with Gasteiger partial charge in [-0.05, 0) is 75.3 Å². The van der Waals surface area contributed by atoms with Crippen LogP contribution in [0.25, 0.3) is 0 Å². The molecule has 0 aromatic heterocycles. The lowest BCUT2D eigenvalue weighted by atomic mass is 9.85. The SMILES string of the molecule is Cc1cc(C)c2c(c1)CCC(C)(CCC[C@H](C)CCC[C@H](C)CCCC(C)C)O2. The first kappa shape index (κ1) is 24.3. The van der Waals surface area contributed by atoms with Crippen molar-refractivity contribution in [1.29, 1.82) is 0 Å². The average molecular weight is 401 g/mol. The van der Waals surface area contributed by atoms with Crippen LogP contribution in [0.3, 0.4) is 0 Å². The molecule has 3 atom stereocenters. The Morgan fingerprint density at radius 3 is 2.07 bits per heavy atom. The predicted molar refractivity (Wildman–Crippen MR) is 128 cm³/mol. The first-order valence-corrected chi connectivity index (χ1v) is 12.5. The van der Waals surface area contributed by atoms with Gasteiger partial charge in [-0.1, -0.05) is 90.3 Å². The summed E-state index contributed by atoms with van der Waals surface area (Å²) < 4.78 is 6.55. The first-order valence-electron chi connectivity index (χ1n) is 12.5. The molecular formula is C28H48O. The standard InChI is InChI=1S/C28H48O/c1-21(2)11-8-12-22(3)13-9-14-23(4)15-10-17-28(7)18-16-26-20-24(5)19-25(6)27(26)29-28/h19-23H,8-18H2,1-7H3/t22-,23-,28?/m1/s1. The van der Waals surface area contributed by atoms with Gasteiger partial charge in [0, 0.05) is 0 Å². The summed E-state index contributed by atoms with van der Waals surface area (Å²) in [4.78, 5) is 0. The first-order chi connectivity index (χ1) is 13.7. The van der Waals surface area contributed by atoms with Crippen LogP contribution in [0, 0.1) is 31.6 Å². The lowest BCUT2D eigenvalue weighted by molar-refractivity contribution is 0.0516. The summed E-state index contributed by atoms with van der Waals surface area (Å²) in [5.41, 5.74) is 4.10. The molecule has 0 radical (unpaired) electrons. The van der Waals surface area contributed by atoms with Gasteiger partial charge in [-0.15, -0.1) is 0 Å². The molecule has 0 saturated heterocycles. The molecule has 166 valence electrons. The van der Waals surface area contributed by atoms with Crippen molar-refractivity contribution in [1.82, 2.24) is 0 Å². The molecule has 1 aromatic rings. The van der Waals surface area contributed by atoms with E-state index in [9.17, 15) is 0 Å². The third-order valence-electron chi connectivity index (χ3n) is 7.04. The van der Waals surface area contributed by atoms with Gasteiger partial charge in [0.05, 0.1) is 0 Å². The summed E-state index contributed by atoms with van der Waals surface area (Å²) in [5.74, 6) is 3.78. The van der Waals surface area contributed by atoms with Crippen LogP contribution >= 0.6 is 0 Å². The Balaban J connectivity index is 1.65. The van der Waals surface area contributed by atoms with Gasteiger partial charge >= 0.3 is 0 Å². The van der Waals surface area contributed by atoms with E-state index < -0.39 is 0 Å². The number of rotatable bonds is 12. The summed E-state index contributed by atoms with van der Waals surface area (Å²) in [6, 6.07) is 4.57. The molecule has 0 bridgehead atoms. The summed E-state index contributed by atoms with van der Waals surface area (Å²) in [5, 5.41) is 0. The predicted octanol–water partition coefficient (Wildman–Crippen LogP) is 8.83. The van der Waals surface area contributed by atoms with Crippen LogP contribution in [0.5, 0.6) is 5.75 Å². The number of aryl methyl sites for hydroxylation is 3. The minimum absolute atomic E-state index is 0.0255. The van der Waals surface area contributed by atoms with Crippen molar-refractivity contribution >= 4 is 0 Å². The maximum Gasteiger partial charge on any atom is 0.126 e. The zero-order chi connectivity index (χ0) is 21.4. The third-order valence-corrected chi connectivity index (χ3v) is 7.04. The van der Waals surface area contributed by atoms with E-state index in [-0.39, 0.29) is 5.60 Å².